The lowest BCUT2D eigenvalue weighted by molar-refractivity contribution is 0.0828. The first-order valence-corrected chi connectivity index (χ1v) is 11.0. The normalized spacial score (nSPS) is 17.9. The molecule has 0 atom stereocenters. The molecule has 1 aliphatic heterocycles. The molecule has 0 bridgehead atoms. The largest absolute Gasteiger partial charge is 0.455 e. The van der Waals surface area contributed by atoms with E-state index in [1.807, 2.05) is 13.8 Å². The zero-order valence-corrected chi connectivity index (χ0v) is 18.9. The summed E-state index contributed by atoms with van der Waals surface area (Å²) in [4.78, 5) is 44.8. The van der Waals surface area contributed by atoms with Crippen molar-refractivity contribution >= 4 is 34.1 Å². The van der Waals surface area contributed by atoms with E-state index in [4.69, 9.17) is 9.15 Å². The van der Waals surface area contributed by atoms with Crippen molar-refractivity contribution in [3.05, 3.63) is 33.2 Å². The number of carbonyl (C=O) groups excluding carboxylic acids is 3. The molecule has 2 amide bonds. The Labute approximate surface area is 184 Å². The molecule has 9 nitrogen and oxygen atoms in total. The van der Waals surface area contributed by atoms with Gasteiger partial charge >= 0.3 is 5.91 Å². The maximum absolute atomic E-state index is 12.7. The van der Waals surface area contributed by atoms with Gasteiger partial charge in [0, 0.05) is 31.5 Å². The first kappa shape index (κ1) is 21.5. The zero-order valence-electron chi connectivity index (χ0n) is 18.1. The van der Waals surface area contributed by atoms with E-state index in [2.05, 4.69) is 20.7 Å². The number of nitrogens with zero attached hydrogens (tertiary/aromatic N) is 2. The summed E-state index contributed by atoms with van der Waals surface area (Å²) in [5.74, 6) is -0.489. The number of anilines is 1. The molecule has 4 rings (SSSR count). The number of fused-ring (bicyclic) bond motifs is 1. The number of aryl methyl sites for hydroxylation is 1. The van der Waals surface area contributed by atoms with Crippen LogP contribution in [0.15, 0.2) is 4.42 Å². The van der Waals surface area contributed by atoms with Gasteiger partial charge in [-0.05, 0) is 19.3 Å². The number of furan rings is 1. The number of aromatic nitrogens is 1. The van der Waals surface area contributed by atoms with Crippen molar-refractivity contribution in [2.24, 2.45) is 5.41 Å². The minimum Gasteiger partial charge on any atom is -0.455 e. The van der Waals surface area contributed by atoms with Gasteiger partial charge in [0.05, 0.1) is 24.5 Å². The molecule has 10 heteroatoms. The average molecular weight is 447 g/mol. The van der Waals surface area contributed by atoms with Crippen LogP contribution in [0.2, 0.25) is 0 Å². The second-order valence-corrected chi connectivity index (χ2v) is 9.69. The summed E-state index contributed by atoms with van der Waals surface area (Å²) in [7, 11) is 0. The smallest absolute Gasteiger partial charge is 0.305 e. The van der Waals surface area contributed by atoms with Crippen LogP contribution in [-0.2, 0) is 11.2 Å². The molecular weight excluding hydrogens is 420 g/mol. The topological polar surface area (TPSA) is 114 Å². The maximum atomic E-state index is 12.7. The Morgan fingerprint density at radius 3 is 2.48 bits per heavy atom. The predicted molar refractivity (Wildman–Crippen MR) is 115 cm³/mol. The van der Waals surface area contributed by atoms with Crippen molar-refractivity contribution in [3.8, 4) is 0 Å². The summed E-state index contributed by atoms with van der Waals surface area (Å²) in [5.41, 5.74) is 6.21. The third kappa shape index (κ3) is 4.22. The minimum atomic E-state index is -0.596. The molecule has 1 fully saturated rings. The lowest BCUT2D eigenvalue weighted by Gasteiger charge is -2.27. The van der Waals surface area contributed by atoms with E-state index in [0.29, 0.717) is 53.5 Å². The first-order valence-electron chi connectivity index (χ1n) is 10.2. The summed E-state index contributed by atoms with van der Waals surface area (Å²) < 4.78 is 11.1. The number of thiazole rings is 1. The molecule has 166 valence electrons. The van der Waals surface area contributed by atoms with Crippen LogP contribution in [0.1, 0.15) is 67.9 Å². The number of ether oxygens (including phenoxy) is 1. The van der Waals surface area contributed by atoms with Gasteiger partial charge in [-0.25, -0.2) is 4.98 Å². The molecule has 0 spiro atoms. The van der Waals surface area contributed by atoms with Crippen molar-refractivity contribution in [1.29, 1.82) is 0 Å². The number of hydrogen-bond acceptors (Lipinski definition) is 8. The quantitative estimate of drug-likeness (QED) is 0.696. The van der Waals surface area contributed by atoms with Crippen molar-refractivity contribution in [1.82, 2.24) is 15.8 Å². The minimum absolute atomic E-state index is 0.0217. The number of hydrogen-bond donors (Lipinski definition) is 2. The number of hydrazine groups is 1. The molecule has 3 heterocycles. The van der Waals surface area contributed by atoms with Gasteiger partial charge in [0.1, 0.15) is 10.6 Å². The molecule has 1 aliphatic carbocycles. The lowest BCUT2D eigenvalue weighted by atomic mass is 9.76. The number of amides is 2. The van der Waals surface area contributed by atoms with Gasteiger partial charge in [0.25, 0.3) is 5.91 Å². The van der Waals surface area contributed by atoms with E-state index in [0.717, 1.165) is 18.2 Å². The molecule has 2 aromatic rings. The fraction of sp³-hybridized carbons (Fsp3) is 0.524. The third-order valence-electron chi connectivity index (χ3n) is 5.55. The van der Waals surface area contributed by atoms with E-state index in [1.54, 1.807) is 13.8 Å². The molecule has 0 unspecified atom stereocenters. The van der Waals surface area contributed by atoms with Crippen LogP contribution >= 0.6 is 11.3 Å². The van der Waals surface area contributed by atoms with Gasteiger partial charge in [0.2, 0.25) is 0 Å². The number of ketones is 1. The lowest BCUT2D eigenvalue weighted by Crippen LogP contribution is -2.41. The van der Waals surface area contributed by atoms with E-state index >= 15 is 0 Å². The van der Waals surface area contributed by atoms with Crippen LogP contribution in [0.3, 0.4) is 0 Å². The number of Topliss-reactive ketones (excluding diaryl/α,β-unsaturated/α-hetero) is 1. The monoisotopic (exact) mass is 446 g/mol. The van der Waals surface area contributed by atoms with Gasteiger partial charge in [-0.3, -0.25) is 25.2 Å². The van der Waals surface area contributed by atoms with Crippen LogP contribution in [0.5, 0.6) is 0 Å². The Morgan fingerprint density at radius 2 is 1.77 bits per heavy atom. The highest BCUT2D eigenvalue weighted by molar-refractivity contribution is 7.17. The molecule has 31 heavy (non-hydrogen) atoms. The zero-order chi connectivity index (χ0) is 22.3. The summed E-state index contributed by atoms with van der Waals surface area (Å²) in [6.45, 7) is 10.1. The van der Waals surface area contributed by atoms with Crippen LogP contribution in [-0.4, -0.2) is 48.9 Å². The highest BCUT2D eigenvalue weighted by Crippen LogP contribution is 2.38. The molecular formula is C21H26N4O5S. The standard InChI is InChI=1S/C21H26N4O5S/c1-11-15-13(26)9-21(3,4)10-14(15)30-16(11)18(27)23-24-19(28)17-12(2)22-20(31-17)25-5-7-29-8-6-25/h5-10H2,1-4H3,(H,23,27)(H,24,28). The van der Waals surface area contributed by atoms with E-state index in [-0.39, 0.29) is 17.0 Å². The number of carbonyl (C=O) groups is 3. The third-order valence-corrected chi connectivity index (χ3v) is 6.76. The molecule has 2 N–H and O–H groups in total. The van der Waals surface area contributed by atoms with Crippen molar-refractivity contribution in [3.63, 3.8) is 0 Å². The Morgan fingerprint density at radius 1 is 1.10 bits per heavy atom. The molecule has 0 aromatic carbocycles. The first-order chi connectivity index (χ1) is 14.7. The van der Waals surface area contributed by atoms with Gasteiger partial charge in [-0.1, -0.05) is 25.2 Å². The fourth-order valence-electron chi connectivity index (χ4n) is 4.01. The maximum Gasteiger partial charge on any atom is 0.305 e. The summed E-state index contributed by atoms with van der Waals surface area (Å²) >= 11 is 1.27. The highest BCUT2D eigenvalue weighted by Gasteiger charge is 2.37. The Hall–Kier alpha value is -2.72. The van der Waals surface area contributed by atoms with Crippen molar-refractivity contribution < 1.29 is 23.5 Å². The predicted octanol–water partition coefficient (Wildman–Crippen LogP) is 2.42. The number of morpholine rings is 1. The van der Waals surface area contributed by atoms with Gasteiger partial charge in [0.15, 0.2) is 16.7 Å². The van der Waals surface area contributed by atoms with Crippen LogP contribution in [0.25, 0.3) is 0 Å². The number of nitrogens with one attached hydrogen (secondary N) is 2. The molecule has 0 radical (unpaired) electrons. The van der Waals surface area contributed by atoms with Crippen molar-refractivity contribution in [2.75, 3.05) is 31.2 Å². The highest BCUT2D eigenvalue weighted by atomic mass is 32.1. The SMILES string of the molecule is Cc1nc(N2CCOCC2)sc1C(=O)NNC(=O)c1oc2c(c1C)C(=O)CC(C)(C)C2. The second-order valence-electron chi connectivity index (χ2n) is 8.71. The molecule has 0 saturated carbocycles. The Bertz CT molecular complexity index is 1050. The summed E-state index contributed by atoms with van der Waals surface area (Å²) in [6.07, 6.45) is 0.993. The molecule has 2 aliphatic rings. The van der Waals surface area contributed by atoms with Gasteiger partial charge < -0.3 is 14.1 Å². The Kier molecular flexibility index (Phi) is 5.61. The van der Waals surface area contributed by atoms with Crippen LogP contribution in [0, 0.1) is 19.3 Å². The summed E-state index contributed by atoms with van der Waals surface area (Å²) in [6, 6.07) is 0. The fourth-order valence-corrected chi connectivity index (χ4v) is 5.02. The van der Waals surface area contributed by atoms with Crippen LogP contribution in [0.4, 0.5) is 5.13 Å². The van der Waals surface area contributed by atoms with Crippen LogP contribution < -0.4 is 15.8 Å². The summed E-state index contributed by atoms with van der Waals surface area (Å²) in [5, 5.41) is 0.757. The van der Waals surface area contributed by atoms with E-state index in [1.165, 1.54) is 11.3 Å². The second kappa shape index (κ2) is 8.08. The molecule has 2 aromatic heterocycles. The average Bonchev–Trinajstić information content (AvgIpc) is 3.26. The van der Waals surface area contributed by atoms with Crippen molar-refractivity contribution in [2.45, 2.75) is 40.5 Å². The number of rotatable bonds is 3. The van der Waals surface area contributed by atoms with E-state index < -0.39 is 11.8 Å². The van der Waals surface area contributed by atoms with Gasteiger partial charge in [-0.2, -0.15) is 0 Å². The van der Waals surface area contributed by atoms with Gasteiger partial charge in [-0.15, -0.1) is 0 Å². The molecule has 1 saturated heterocycles. The van der Waals surface area contributed by atoms with E-state index in [9.17, 15) is 14.4 Å². The Balaban J connectivity index is 1.44.